The Kier molecular flexibility index (Phi) is 5.22. The molecule has 0 aromatic heterocycles. The molecule has 0 saturated heterocycles. The number of alkyl halides is 3. The summed E-state index contributed by atoms with van der Waals surface area (Å²) in [4.78, 5) is 0. The van der Waals surface area contributed by atoms with Gasteiger partial charge in [-0.15, -0.1) is 0 Å². The van der Waals surface area contributed by atoms with Gasteiger partial charge in [0.1, 0.15) is 0 Å². The van der Waals surface area contributed by atoms with Crippen LogP contribution in [-0.4, -0.2) is 30.5 Å². The Labute approximate surface area is 98.6 Å². The van der Waals surface area contributed by atoms with Crippen LogP contribution in [-0.2, 0) is 0 Å². The first-order chi connectivity index (χ1) is 7.95. The molecular weight excluding hydrogens is 233 g/mol. The SMILES string of the molecule is N#CC(CNCC1CCCCC1O)C(F)(F)F. The van der Waals surface area contributed by atoms with Gasteiger partial charge in [0.2, 0.25) is 0 Å². The zero-order valence-corrected chi connectivity index (χ0v) is 9.50. The van der Waals surface area contributed by atoms with Crippen LogP contribution in [0.1, 0.15) is 25.7 Å². The van der Waals surface area contributed by atoms with E-state index in [1.807, 2.05) is 0 Å². The standard InChI is InChI=1S/C11H17F3N2O/c12-11(13,14)9(5-15)7-16-6-8-3-1-2-4-10(8)17/h8-10,16-17H,1-4,6-7H2. The third-order valence-electron chi connectivity index (χ3n) is 3.17. The lowest BCUT2D eigenvalue weighted by molar-refractivity contribution is -0.157. The fourth-order valence-electron chi connectivity index (χ4n) is 2.07. The first-order valence-corrected chi connectivity index (χ1v) is 5.80. The van der Waals surface area contributed by atoms with E-state index >= 15 is 0 Å². The third-order valence-corrected chi connectivity index (χ3v) is 3.17. The van der Waals surface area contributed by atoms with Crippen LogP contribution in [0.2, 0.25) is 0 Å². The smallest absolute Gasteiger partial charge is 0.393 e. The van der Waals surface area contributed by atoms with Gasteiger partial charge in [0.05, 0.1) is 12.2 Å². The first-order valence-electron chi connectivity index (χ1n) is 5.80. The molecule has 1 aliphatic carbocycles. The molecule has 0 aromatic rings. The minimum Gasteiger partial charge on any atom is -0.393 e. The molecule has 0 spiro atoms. The van der Waals surface area contributed by atoms with E-state index in [2.05, 4.69) is 5.32 Å². The molecule has 3 unspecified atom stereocenters. The number of hydrogen-bond acceptors (Lipinski definition) is 3. The Morgan fingerprint density at radius 1 is 1.35 bits per heavy atom. The van der Waals surface area contributed by atoms with Gasteiger partial charge in [0.15, 0.2) is 5.92 Å². The fourth-order valence-corrected chi connectivity index (χ4v) is 2.07. The van der Waals surface area contributed by atoms with Crippen molar-refractivity contribution in [1.29, 1.82) is 5.26 Å². The van der Waals surface area contributed by atoms with Gasteiger partial charge in [-0.2, -0.15) is 18.4 Å². The normalized spacial score (nSPS) is 27.5. The van der Waals surface area contributed by atoms with Crippen molar-refractivity contribution >= 4 is 0 Å². The van der Waals surface area contributed by atoms with E-state index in [1.54, 1.807) is 0 Å². The third kappa shape index (κ3) is 4.52. The molecule has 1 rings (SSSR count). The number of aliphatic hydroxyl groups excluding tert-OH is 1. The number of nitriles is 1. The predicted molar refractivity (Wildman–Crippen MR) is 56.0 cm³/mol. The lowest BCUT2D eigenvalue weighted by Crippen LogP contribution is -2.38. The van der Waals surface area contributed by atoms with E-state index in [0.717, 1.165) is 19.3 Å². The Morgan fingerprint density at radius 3 is 2.53 bits per heavy atom. The minimum atomic E-state index is -4.48. The summed E-state index contributed by atoms with van der Waals surface area (Å²) in [5, 5.41) is 20.7. The Bertz CT molecular complexity index is 275. The number of rotatable bonds is 4. The van der Waals surface area contributed by atoms with Crippen LogP contribution in [0.25, 0.3) is 0 Å². The van der Waals surface area contributed by atoms with Crippen molar-refractivity contribution in [2.24, 2.45) is 11.8 Å². The van der Waals surface area contributed by atoms with Gasteiger partial charge in [0.25, 0.3) is 0 Å². The van der Waals surface area contributed by atoms with Crippen molar-refractivity contribution in [3.8, 4) is 6.07 Å². The number of nitrogens with zero attached hydrogens (tertiary/aromatic N) is 1. The molecule has 1 aliphatic rings. The molecule has 0 aromatic carbocycles. The number of hydrogen-bond donors (Lipinski definition) is 2. The maximum absolute atomic E-state index is 12.3. The van der Waals surface area contributed by atoms with Gasteiger partial charge >= 0.3 is 6.18 Å². The van der Waals surface area contributed by atoms with Crippen molar-refractivity contribution in [1.82, 2.24) is 5.32 Å². The molecule has 0 bridgehead atoms. The predicted octanol–water partition coefficient (Wildman–Crippen LogP) is 1.83. The molecule has 3 atom stereocenters. The molecule has 0 amide bonds. The molecule has 0 heterocycles. The highest BCUT2D eigenvalue weighted by atomic mass is 19.4. The van der Waals surface area contributed by atoms with E-state index in [-0.39, 0.29) is 5.92 Å². The highest BCUT2D eigenvalue weighted by Gasteiger charge is 2.39. The van der Waals surface area contributed by atoms with Gasteiger partial charge < -0.3 is 10.4 Å². The topological polar surface area (TPSA) is 56.0 Å². The van der Waals surface area contributed by atoms with Crippen LogP contribution >= 0.6 is 0 Å². The Morgan fingerprint density at radius 2 is 2.00 bits per heavy atom. The molecule has 1 fully saturated rings. The molecule has 6 heteroatoms. The minimum absolute atomic E-state index is 0.0105. The van der Waals surface area contributed by atoms with Gasteiger partial charge in [-0.1, -0.05) is 12.8 Å². The molecule has 0 aliphatic heterocycles. The largest absolute Gasteiger partial charge is 0.405 e. The van der Waals surface area contributed by atoms with Crippen molar-refractivity contribution in [2.75, 3.05) is 13.1 Å². The maximum atomic E-state index is 12.3. The van der Waals surface area contributed by atoms with Crippen LogP contribution in [0.3, 0.4) is 0 Å². The van der Waals surface area contributed by atoms with E-state index in [1.165, 1.54) is 6.07 Å². The summed E-state index contributed by atoms with van der Waals surface area (Å²) in [6.07, 6.45) is -1.38. The lowest BCUT2D eigenvalue weighted by Gasteiger charge is -2.28. The van der Waals surface area contributed by atoms with Crippen LogP contribution in [0.15, 0.2) is 0 Å². The second-order valence-corrected chi connectivity index (χ2v) is 4.49. The summed E-state index contributed by atoms with van der Waals surface area (Å²) in [5.74, 6) is -1.96. The van der Waals surface area contributed by atoms with E-state index in [4.69, 9.17) is 5.26 Å². The Balaban J connectivity index is 2.29. The lowest BCUT2D eigenvalue weighted by atomic mass is 9.86. The zero-order chi connectivity index (χ0) is 12.9. The maximum Gasteiger partial charge on any atom is 0.405 e. The van der Waals surface area contributed by atoms with Crippen molar-refractivity contribution in [2.45, 2.75) is 38.0 Å². The average molecular weight is 250 g/mol. The summed E-state index contributed by atoms with van der Waals surface area (Å²) < 4.78 is 36.8. The molecule has 17 heavy (non-hydrogen) atoms. The summed E-state index contributed by atoms with van der Waals surface area (Å²) in [6, 6.07) is 1.24. The van der Waals surface area contributed by atoms with E-state index in [0.29, 0.717) is 13.0 Å². The summed E-state index contributed by atoms with van der Waals surface area (Å²) in [7, 11) is 0. The van der Waals surface area contributed by atoms with Gasteiger partial charge in [-0.3, -0.25) is 0 Å². The molecular formula is C11H17F3N2O. The molecule has 3 nitrogen and oxygen atoms in total. The molecule has 0 radical (unpaired) electrons. The number of aliphatic hydroxyl groups is 1. The quantitative estimate of drug-likeness (QED) is 0.800. The Hall–Kier alpha value is -0.800. The van der Waals surface area contributed by atoms with Crippen LogP contribution in [0.5, 0.6) is 0 Å². The monoisotopic (exact) mass is 250 g/mol. The second-order valence-electron chi connectivity index (χ2n) is 4.49. The van der Waals surface area contributed by atoms with E-state index < -0.39 is 24.7 Å². The number of nitrogens with one attached hydrogen (secondary N) is 1. The van der Waals surface area contributed by atoms with Crippen LogP contribution in [0, 0.1) is 23.2 Å². The fraction of sp³-hybridized carbons (Fsp3) is 0.909. The van der Waals surface area contributed by atoms with Gasteiger partial charge in [-0.05, 0) is 18.8 Å². The van der Waals surface area contributed by atoms with Crippen molar-refractivity contribution in [3.05, 3.63) is 0 Å². The highest BCUT2D eigenvalue weighted by Crippen LogP contribution is 2.26. The van der Waals surface area contributed by atoms with Crippen molar-refractivity contribution < 1.29 is 18.3 Å². The molecule has 2 N–H and O–H groups in total. The first kappa shape index (κ1) is 14.3. The molecule has 98 valence electrons. The van der Waals surface area contributed by atoms with Crippen molar-refractivity contribution in [3.63, 3.8) is 0 Å². The summed E-state index contributed by atoms with van der Waals surface area (Å²) in [5.41, 5.74) is 0. The summed E-state index contributed by atoms with van der Waals surface area (Å²) in [6.45, 7) is -0.0569. The van der Waals surface area contributed by atoms with Crippen LogP contribution < -0.4 is 5.32 Å². The number of halogens is 3. The highest BCUT2D eigenvalue weighted by molar-refractivity contribution is 4.90. The second kappa shape index (κ2) is 6.22. The van der Waals surface area contributed by atoms with Gasteiger partial charge in [0, 0.05) is 13.1 Å². The average Bonchev–Trinajstić information content (AvgIpc) is 2.25. The zero-order valence-electron chi connectivity index (χ0n) is 9.50. The van der Waals surface area contributed by atoms with E-state index in [9.17, 15) is 18.3 Å². The van der Waals surface area contributed by atoms with Gasteiger partial charge in [-0.25, -0.2) is 0 Å². The molecule has 1 saturated carbocycles. The van der Waals surface area contributed by atoms with Crippen LogP contribution in [0.4, 0.5) is 13.2 Å². The summed E-state index contributed by atoms with van der Waals surface area (Å²) >= 11 is 0.